The van der Waals surface area contributed by atoms with Crippen molar-refractivity contribution in [3.8, 4) is 17.2 Å². The van der Waals surface area contributed by atoms with Crippen LogP contribution in [0.1, 0.15) is 26.2 Å². The summed E-state index contributed by atoms with van der Waals surface area (Å²) in [5, 5.41) is 0. The van der Waals surface area contributed by atoms with E-state index in [1.807, 2.05) is 12.2 Å². The Labute approximate surface area is 132 Å². The van der Waals surface area contributed by atoms with Gasteiger partial charge in [-0.1, -0.05) is 31.2 Å². The van der Waals surface area contributed by atoms with Gasteiger partial charge in [-0.05, 0) is 25.0 Å². The smallest absolute Gasteiger partial charge is 0.170 e. The molecule has 0 amide bonds. The molecule has 1 aromatic rings. The Bertz CT molecular complexity index is 532. The van der Waals surface area contributed by atoms with Gasteiger partial charge in [-0.25, -0.2) is 0 Å². The fourth-order valence-corrected chi connectivity index (χ4v) is 1.75. The zero-order chi connectivity index (χ0) is 16.4. The second kappa shape index (κ2) is 9.66. The molecule has 0 aliphatic rings. The molecule has 4 nitrogen and oxygen atoms in total. The minimum Gasteiger partial charge on any atom is -0.493 e. The van der Waals surface area contributed by atoms with E-state index in [0.717, 1.165) is 12.0 Å². The Morgan fingerprint density at radius 3 is 2.59 bits per heavy atom. The number of Topliss-reactive ketones (excluding diaryl/α,β-unsaturated/α-hetero) is 1. The molecule has 120 valence electrons. The molecular weight excluding hydrogens is 280 g/mol. The van der Waals surface area contributed by atoms with E-state index in [9.17, 15) is 4.79 Å². The maximum absolute atomic E-state index is 11.8. The van der Waals surface area contributed by atoms with Crippen LogP contribution < -0.4 is 14.2 Å². The minimum absolute atomic E-state index is 0.0536. The molecule has 0 N–H and O–H groups in total. The van der Waals surface area contributed by atoms with Crippen molar-refractivity contribution in [3.05, 3.63) is 42.5 Å². The Hall–Kier alpha value is -2.23. The zero-order valence-electron chi connectivity index (χ0n) is 13.6. The third-order valence-electron chi connectivity index (χ3n) is 3.15. The molecule has 0 aliphatic carbocycles. The normalized spacial score (nSPS) is 10.5. The van der Waals surface area contributed by atoms with E-state index in [2.05, 4.69) is 13.5 Å². The number of ketones is 1. The molecule has 0 saturated carbocycles. The Kier molecular flexibility index (Phi) is 7.83. The van der Waals surface area contributed by atoms with Crippen molar-refractivity contribution >= 4 is 5.78 Å². The van der Waals surface area contributed by atoms with Gasteiger partial charge in [-0.15, -0.1) is 0 Å². The van der Waals surface area contributed by atoms with Crippen LogP contribution in [0.25, 0.3) is 0 Å². The number of ether oxygens (including phenoxy) is 3. The fraction of sp³-hybridized carbons (Fsp3) is 0.389. The molecule has 0 spiro atoms. The third-order valence-corrected chi connectivity index (χ3v) is 3.15. The molecule has 4 heteroatoms. The van der Waals surface area contributed by atoms with Gasteiger partial charge in [0.05, 0.1) is 14.2 Å². The molecule has 0 aliphatic heterocycles. The standard InChI is InChI=1S/C18H24O4/c1-5-14(2)8-6-7-9-15(19)13-22-16-10-11-17(20-3)18(12-16)21-4/h6,8,10-12H,2,5,7,9,13H2,1,3-4H3/b8-6-. The summed E-state index contributed by atoms with van der Waals surface area (Å²) >= 11 is 0. The molecule has 0 fully saturated rings. The van der Waals surface area contributed by atoms with E-state index in [-0.39, 0.29) is 12.4 Å². The van der Waals surface area contributed by atoms with E-state index in [1.54, 1.807) is 32.4 Å². The summed E-state index contributed by atoms with van der Waals surface area (Å²) < 4.78 is 15.8. The van der Waals surface area contributed by atoms with Crippen LogP contribution in [0.5, 0.6) is 17.2 Å². The summed E-state index contributed by atoms with van der Waals surface area (Å²) in [6, 6.07) is 5.20. The first-order chi connectivity index (χ1) is 10.6. The SMILES string of the molecule is C=C(/C=C\CCC(=O)COc1ccc(OC)c(OC)c1)CC. The summed E-state index contributed by atoms with van der Waals surface area (Å²) in [5.41, 5.74) is 1.06. The molecule has 0 saturated heterocycles. The van der Waals surface area contributed by atoms with Crippen molar-refractivity contribution in [2.45, 2.75) is 26.2 Å². The van der Waals surface area contributed by atoms with Gasteiger partial charge in [-0.3, -0.25) is 4.79 Å². The largest absolute Gasteiger partial charge is 0.493 e. The summed E-state index contributed by atoms with van der Waals surface area (Å²) in [5.74, 6) is 1.85. The van der Waals surface area contributed by atoms with Gasteiger partial charge in [0, 0.05) is 12.5 Å². The predicted octanol–water partition coefficient (Wildman–Crippen LogP) is 3.95. The summed E-state index contributed by atoms with van der Waals surface area (Å²) in [4.78, 5) is 11.8. The molecule has 0 bridgehead atoms. The van der Waals surface area contributed by atoms with Gasteiger partial charge in [0.15, 0.2) is 17.3 Å². The number of allylic oxidation sites excluding steroid dienone is 3. The summed E-state index contributed by atoms with van der Waals surface area (Å²) in [6.07, 6.45) is 6.02. The number of carbonyl (C=O) groups is 1. The lowest BCUT2D eigenvalue weighted by Crippen LogP contribution is -2.10. The minimum atomic E-state index is 0.0536. The van der Waals surface area contributed by atoms with Crippen molar-refractivity contribution in [3.63, 3.8) is 0 Å². The number of hydrogen-bond donors (Lipinski definition) is 0. The predicted molar refractivity (Wildman–Crippen MR) is 87.9 cm³/mol. The van der Waals surface area contributed by atoms with Crippen molar-refractivity contribution in [1.29, 1.82) is 0 Å². The highest BCUT2D eigenvalue weighted by Crippen LogP contribution is 2.30. The average molecular weight is 304 g/mol. The number of methoxy groups -OCH3 is 2. The van der Waals surface area contributed by atoms with Crippen molar-refractivity contribution < 1.29 is 19.0 Å². The Balaban J connectivity index is 2.41. The quantitative estimate of drug-likeness (QED) is 0.614. The number of carbonyl (C=O) groups excluding carboxylic acids is 1. The van der Waals surface area contributed by atoms with Crippen LogP contribution >= 0.6 is 0 Å². The lowest BCUT2D eigenvalue weighted by Gasteiger charge is -2.10. The van der Waals surface area contributed by atoms with Crippen LogP contribution in [0, 0.1) is 0 Å². The maximum Gasteiger partial charge on any atom is 0.170 e. The van der Waals surface area contributed by atoms with Crippen LogP contribution in [0.15, 0.2) is 42.5 Å². The number of benzene rings is 1. The van der Waals surface area contributed by atoms with Gasteiger partial charge in [0.1, 0.15) is 12.4 Å². The average Bonchev–Trinajstić information content (AvgIpc) is 2.56. The number of hydrogen-bond acceptors (Lipinski definition) is 4. The highest BCUT2D eigenvalue weighted by Gasteiger charge is 2.07. The number of rotatable bonds is 10. The second-order valence-corrected chi connectivity index (χ2v) is 4.80. The van der Waals surface area contributed by atoms with E-state index in [4.69, 9.17) is 14.2 Å². The molecule has 1 rings (SSSR count). The monoisotopic (exact) mass is 304 g/mol. The molecule has 22 heavy (non-hydrogen) atoms. The lowest BCUT2D eigenvalue weighted by molar-refractivity contribution is -0.120. The van der Waals surface area contributed by atoms with Gasteiger partial charge in [-0.2, -0.15) is 0 Å². The van der Waals surface area contributed by atoms with Crippen LogP contribution in [0.4, 0.5) is 0 Å². The van der Waals surface area contributed by atoms with Crippen molar-refractivity contribution in [1.82, 2.24) is 0 Å². The van der Waals surface area contributed by atoms with Gasteiger partial charge in [0.2, 0.25) is 0 Å². The molecule has 0 aromatic heterocycles. The van der Waals surface area contributed by atoms with E-state index in [0.29, 0.717) is 30.1 Å². The molecular formula is C18H24O4. The van der Waals surface area contributed by atoms with Crippen LogP contribution in [0.2, 0.25) is 0 Å². The molecule has 0 heterocycles. The molecule has 1 aromatic carbocycles. The van der Waals surface area contributed by atoms with Gasteiger partial charge >= 0.3 is 0 Å². The molecule has 0 radical (unpaired) electrons. The van der Waals surface area contributed by atoms with Crippen molar-refractivity contribution in [2.75, 3.05) is 20.8 Å². The summed E-state index contributed by atoms with van der Waals surface area (Å²) in [6.45, 7) is 5.98. The summed E-state index contributed by atoms with van der Waals surface area (Å²) in [7, 11) is 3.13. The highest BCUT2D eigenvalue weighted by atomic mass is 16.5. The Morgan fingerprint density at radius 2 is 1.95 bits per heavy atom. The third kappa shape index (κ3) is 6.04. The Morgan fingerprint density at radius 1 is 1.23 bits per heavy atom. The molecule has 0 unspecified atom stereocenters. The zero-order valence-corrected chi connectivity index (χ0v) is 13.6. The van der Waals surface area contributed by atoms with E-state index < -0.39 is 0 Å². The van der Waals surface area contributed by atoms with Crippen LogP contribution in [-0.4, -0.2) is 26.6 Å². The van der Waals surface area contributed by atoms with Crippen LogP contribution in [0.3, 0.4) is 0 Å². The highest BCUT2D eigenvalue weighted by molar-refractivity contribution is 5.80. The maximum atomic E-state index is 11.8. The first-order valence-electron chi connectivity index (χ1n) is 7.31. The van der Waals surface area contributed by atoms with Gasteiger partial charge < -0.3 is 14.2 Å². The first kappa shape index (κ1) is 17.8. The van der Waals surface area contributed by atoms with Gasteiger partial charge in [0.25, 0.3) is 0 Å². The van der Waals surface area contributed by atoms with Crippen molar-refractivity contribution in [2.24, 2.45) is 0 Å². The molecule has 0 atom stereocenters. The second-order valence-electron chi connectivity index (χ2n) is 4.80. The topological polar surface area (TPSA) is 44.8 Å². The van der Waals surface area contributed by atoms with E-state index in [1.165, 1.54) is 0 Å². The first-order valence-corrected chi connectivity index (χ1v) is 7.31. The van der Waals surface area contributed by atoms with Crippen LogP contribution in [-0.2, 0) is 4.79 Å². The fourth-order valence-electron chi connectivity index (χ4n) is 1.75. The lowest BCUT2D eigenvalue weighted by atomic mass is 10.1. The van der Waals surface area contributed by atoms with E-state index >= 15 is 0 Å².